The van der Waals surface area contributed by atoms with Crippen LogP contribution in [0.3, 0.4) is 0 Å². The lowest BCUT2D eigenvalue weighted by Crippen LogP contribution is -2.35. The Morgan fingerprint density at radius 2 is 1.82 bits per heavy atom. The summed E-state index contributed by atoms with van der Waals surface area (Å²) in [6.07, 6.45) is 11.0. The van der Waals surface area contributed by atoms with Crippen molar-refractivity contribution in [3.8, 4) is 0 Å². The van der Waals surface area contributed by atoms with E-state index >= 15 is 0 Å². The van der Waals surface area contributed by atoms with Gasteiger partial charge in [-0.05, 0) is 32.1 Å². The van der Waals surface area contributed by atoms with E-state index in [2.05, 4.69) is 19.2 Å². The molecule has 0 aromatic carbocycles. The second-order valence-electron chi connectivity index (χ2n) is 5.46. The smallest absolute Gasteiger partial charge is 0.0590 e. The number of hydrogen-bond acceptors (Lipinski definition) is 2. The Morgan fingerprint density at radius 3 is 2.47 bits per heavy atom. The zero-order valence-electron chi connectivity index (χ0n) is 11.8. The Balaban J connectivity index is 2.01. The topological polar surface area (TPSA) is 21.3 Å². The number of unbranched alkanes of at least 4 members (excludes halogenated alkanes) is 1. The summed E-state index contributed by atoms with van der Waals surface area (Å²) >= 11 is 0. The van der Waals surface area contributed by atoms with E-state index in [9.17, 15) is 0 Å². The molecule has 0 heterocycles. The van der Waals surface area contributed by atoms with Crippen molar-refractivity contribution >= 4 is 0 Å². The summed E-state index contributed by atoms with van der Waals surface area (Å²) < 4.78 is 5.57. The molecule has 0 aromatic heterocycles. The third-order valence-electron chi connectivity index (χ3n) is 3.96. The average molecular weight is 241 g/mol. The molecule has 0 radical (unpaired) electrons. The number of nitrogens with one attached hydrogen (secondary N) is 1. The third kappa shape index (κ3) is 7.05. The molecule has 0 amide bonds. The molecule has 1 saturated carbocycles. The van der Waals surface area contributed by atoms with Gasteiger partial charge < -0.3 is 10.1 Å². The first-order valence-corrected chi connectivity index (χ1v) is 7.65. The van der Waals surface area contributed by atoms with E-state index in [0.717, 1.165) is 25.7 Å². The van der Waals surface area contributed by atoms with Gasteiger partial charge in [-0.1, -0.05) is 39.0 Å². The third-order valence-corrected chi connectivity index (χ3v) is 3.96. The minimum atomic E-state index is 0.669. The second kappa shape index (κ2) is 9.90. The SMILES string of the molecule is CCCCOCCN[C@@H](C)C1CCCCCC1. The van der Waals surface area contributed by atoms with Gasteiger partial charge in [0.15, 0.2) is 0 Å². The Kier molecular flexibility index (Phi) is 8.72. The molecule has 0 saturated heterocycles. The summed E-state index contributed by atoms with van der Waals surface area (Å²) in [5, 5.41) is 3.63. The minimum Gasteiger partial charge on any atom is -0.380 e. The van der Waals surface area contributed by atoms with Crippen molar-refractivity contribution in [2.75, 3.05) is 19.8 Å². The fraction of sp³-hybridized carbons (Fsp3) is 1.00. The molecule has 1 rings (SSSR count). The summed E-state index contributed by atoms with van der Waals surface area (Å²) in [5.41, 5.74) is 0. The van der Waals surface area contributed by atoms with E-state index in [-0.39, 0.29) is 0 Å². The lowest BCUT2D eigenvalue weighted by atomic mass is 9.93. The predicted molar refractivity (Wildman–Crippen MR) is 74.4 cm³/mol. The molecule has 1 fully saturated rings. The molecule has 1 aliphatic rings. The molecule has 17 heavy (non-hydrogen) atoms. The van der Waals surface area contributed by atoms with Crippen LogP contribution in [-0.2, 0) is 4.74 Å². The second-order valence-corrected chi connectivity index (χ2v) is 5.46. The van der Waals surface area contributed by atoms with Crippen LogP contribution in [0, 0.1) is 5.92 Å². The van der Waals surface area contributed by atoms with Gasteiger partial charge in [-0.2, -0.15) is 0 Å². The summed E-state index contributed by atoms with van der Waals surface area (Å²) in [4.78, 5) is 0. The van der Waals surface area contributed by atoms with Crippen molar-refractivity contribution < 1.29 is 4.74 Å². The molecule has 1 atom stereocenters. The first-order valence-electron chi connectivity index (χ1n) is 7.65. The summed E-state index contributed by atoms with van der Waals surface area (Å²) in [6.45, 7) is 7.37. The van der Waals surface area contributed by atoms with Gasteiger partial charge in [-0.25, -0.2) is 0 Å². The zero-order valence-corrected chi connectivity index (χ0v) is 11.8. The van der Waals surface area contributed by atoms with Crippen LogP contribution in [0.1, 0.15) is 65.2 Å². The molecular formula is C15H31NO. The molecule has 2 nitrogen and oxygen atoms in total. The molecule has 1 N–H and O–H groups in total. The molecule has 0 spiro atoms. The van der Waals surface area contributed by atoms with Crippen LogP contribution < -0.4 is 5.32 Å². The van der Waals surface area contributed by atoms with E-state index in [0.29, 0.717) is 6.04 Å². The average Bonchev–Trinajstić information content (AvgIpc) is 2.62. The Bertz CT molecular complexity index is 164. The van der Waals surface area contributed by atoms with Crippen LogP contribution in [0.2, 0.25) is 0 Å². The van der Waals surface area contributed by atoms with Gasteiger partial charge in [0.25, 0.3) is 0 Å². The Labute approximate surface area is 108 Å². The maximum Gasteiger partial charge on any atom is 0.0590 e. The maximum absolute atomic E-state index is 5.57. The lowest BCUT2D eigenvalue weighted by molar-refractivity contribution is 0.128. The number of hydrogen-bond donors (Lipinski definition) is 1. The van der Waals surface area contributed by atoms with Crippen molar-refractivity contribution in [1.29, 1.82) is 0 Å². The van der Waals surface area contributed by atoms with Gasteiger partial charge >= 0.3 is 0 Å². The molecule has 2 heteroatoms. The number of ether oxygens (including phenoxy) is 1. The highest BCUT2D eigenvalue weighted by Crippen LogP contribution is 2.25. The lowest BCUT2D eigenvalue weighted by Gasteiger charge is -2.23. The molecule has 1 aliphatic carbocycles. The molecule has 0 unspecified atom stereocenters. The van der Waals surface area contributed by atoms with E-state index in [1.165, 1.54) is 51.4 Å². The highest BCUT2D eigenvalue weighted by molar-refractivity contribution is 4.74. The van der Waals surface area contributed by atoms with Crippen molar-refractivity contribution in [1.82, 2.24) is 5.32 Å². The van der Waals surface area contributed by atoms with Crippen molar-refractivity contribution in [3.05, 3.63) is 0 Å². The zero-order chi connectivity index (χ0) is 12.3. The largest absolute Gasteiger partial charge is 0.380 e. The standard InChI is InChI=1S/C15H31NO/c1-3-4-12-17-13-11-16-14(2)15-9-7-5-6-8-10-15/h14-16H,3-13H2,1-2H3/t14-/m0/s1. The minimum absolute atomic E-state index is 0.669. The molecule has 0 bridgehead atoms. The fourth-order valence-electron chi connectivity index (χ4n) is 2.68. The number of rotatable bonds is 8. The maximum atomic E-state index is 5.57. The van der Waals surface area contributed by atoms with E-state index in [1.54, 1.807) is 0 Å². The van der Waals surface area contributed by atoms with Crippen LogP contribution >= 0.6 is 0 Å². The molecule has 0 aliphatic heterocycles. The van der Waals surface area contributed by atoms with E-state index < -0.39 is 0 Å². The first kappa shape index (κ1) is 15.0. The van der Waals surface area contributed by atoms with Crippen LogP contribution in [-0.4, -0.2) is 25.8 Å². The summed E-state index contributed by atoms with van der Waals surface area (Å²) in [5.74, 6) is 0.896. The van der Waals surface area contributed by atoms with E-state index in [4.69, 9.17) is 4.74 Å². The Morgan fingerprint density at radius 1 is 1.12 bits per heavy atom. The Hall–Kier alpha value is -0.0800. The van der Waals surface area contributed by atoms with Gasteiger partial charge in [-0.15, -0.1) is 0 Å². The van der Waals surface area contributed by atoms with Crippen molar-refractivity contribution in [3.63, 3.8) is 0 Å². The molecular weight excluding hydrogens is 210 g/mol. The van der Waals surface area contributed by atoms with Gasteiger partial charge in [0.1, 0.15) is 0 Å². The molecule has 0 aromatic rings. The summed E-state index contributed by atoms with van der Waals surface area (Å²) in [7, 11) is 0. The van der Waals surface area contributed by atoms with Gasteiger partial charge in [0.05, 0.1) is 6.61 Å². The quantitative estimate of drug-likeness (QED) is 0.516. The van der Waals surface area contributed by atoms with Gasteiger partial charge in [-0.3, -0.25) is 0 Å². The monoisotopic (exact) mass is 241 g/mol. The van der Waals surface area contributed by atoms with Crippen molar-refractivity contribution in [2.24, 2.45) is 5.92 Å². The fourth-order valence-corrected chi connectivity index (χ4v) is 2.68. The summed E-state index contributed by atoms with van der Waals surface area (Å²) in [6, 6.07) is 0.669. The van der Waals surface area contributed by atoms with E-state index in [1.807, 2.05) is 0 Å². The van der Waals surface area contributed by atoms with Gasteiger partial charge in [0, 0.05) is 19.2 Å². The normalized spacial score (nSPS) is 20.1. The predicted octanol–water partition coefficient (Wildman–Crippen LogP) is 3.75. The van der Waals surface area contributed by atoms with Crippen LogP contribution in [0.25, 0.3) is 0 Å². The highest BCUT2D eigenvalue weighted by Gasteiger charge is 2.18. The van der Waals surface area contributed by atoms with Crippen LogP contribution in [0.5, 0.6) is 0 Å². The van der Waals surface area contributed by atoms with Crippen LogP contribution in [0.4, 0.5) is 0 Å². The van der Waals surface area contributed by atoms with Crippen LogP contribution in [0.15, 0.2) is 0 Å². The van der Waals surface area contributed by atoms with Gasteiger partial charge in [0.2, 0.25) is 0 Å². The first-order chi connectivity index (χ1) is 8.34. The highest BCUT2D eigenvalue weighted by atomic mass is 16.5. The van der Waals surface area contributed by atoms with Crippen molar-refractivity contribution in [2.45, 2.75) is 71.3 Å². The molecule has 102 valence electrons.